The van der Waals surface area contributed by atoms with Gasteiger partial charge in [0.05, 0.1) is 20.9 Å². The van der Waals surface area contributed by atoms with E-state index in [1.165, 1.54) is 29.5 Å². The fourth-order valence-electron chi connectivity index (χ4n) is 2.65. The molecule has 25 heavy (non-hydrogen) atoms. The van der Waals surface area contributed by atoms with Crippen LogP contribution in [0.25, 0.3) is 10.2 Å². The van der Waals surface area contributed by atoms with Crippen molar-refractivity contribution in [2.24, 2.45) is 7.05 Å². The van der Waals surface area contributed by atoms with Crippen LogP contribution in [0.2, 0.25) is 0 Å². The third-order valence-electron chi connectivity index (χ3n) is 3.94. The van der Waals surface area contributed by atoms with E-state index in [1.807, 2.05) is 0 Å². The van der Waals surface area contributed by atoms with E-state index >= 15 is 0 Å². The van der Waals surface area contributed by atoms with Gasteiger partial charge in [-0.15, -0.1) is 11.3 Å². The molecule has 2 aromatic heterocycles. The number of nitrogens with one attached hydrogen (secondary N) is 1. The molecule has 0 saturated heterocycles. The first-order valence-electron chi connectivity index (χ1n) is 7.50. The summed E-state index contributed by atoms with van der Waals surface area (Å²) < 4.78 is 15.9. The largest absolute Gasteiger partial charge is 0.503 e. The minimum atomic E-state index is -0.615. The SMILES string of the molecule is CC(=S)NC(c1nc2ccc(F)cc2s1)c1c(O)c(=O)cc(C)n1C. The highest BCUT2D eigenvalue weighted by atomic mass is 32.1. The molecular weight excluding hydrogens is 361 g/mol. The zero-order valence-corrected chi connectivity index (χ0v) is 15.5. The molecule has 1 unspecified atom stereocenters. The molecule has 8 heteroatoms. The molecule has 0 spiro atoms. The Labute approximate surface area is 152 Å². The molecule has 0 amide bonds. The Bertz CT molecular complexity index is 1040. The van der Waals surface area contributed by atoms with Crippen LogP contribution >= 0.6 is 23.6 Å². The monoisotopic (exact) mass is 377 g/mol. The van der Waals surface area contributed by atoms with Gasteiger partial charge in [-0.2, -0.15) is 0 Å². The lowest BCUT2D eigenvalue weighted by atomic mass is 10.1. The molecule has 0 aliphatic carbocycles. The first-order chi connectivity index (χ1) is 11.8. The lowest BCUT2D eigenvalue weighted by Gasteiger charge is -2.22. The maximum Gasteiger partial charge on any atom is 0.223 e. The average molecular weight is 377 g/mol. The molecular formula is C17H16FN3O2S2. The second-order valence-corrected chi connectivity index (χ2v) is 7.42. The molecule has 0 radical (unpaired) electrons. The molecule has 3 aromatic rings. The van der Waals surface area contributed by atoms with Gasteiger partial charge in [-0.05, 0) is 32.0 Å². The predicted octanol–water partition coefficient (Wildman–Crippen LogP) is 3.17. The Morgan fingerprint density at radius 2 is 2.16 bits per heavy atom. The summed E-state index contributed by atoms with van der Waals surface area (Å²) in [6.45, 7) is 3.49. The van der Waals surface area contributed by atoms with Crippen LogP contribution in [0.4, 0.5) is 4.39 Å². The third-order valence-corrected chi connectivity index (χ3v) is 5.14. The summed E-state index contributed by atoms with van der Waals surface area (Å²) in [5.74, 6) is -0.698. The summed E-state index contributed by atoms with van der Waals surface area (Å²) >= 11 is 6.45. The van der Waals surface area contributed by atoms with Gasteiger partial charge in [-0.3, -0.25) is 4.79 Å². The van der Waals surface area contributed by atoms with Gasteiger partial charge in [0.2, 0.25) is 5.43 Å². The molecule has 2 N–H and O–H groups in total. The van der Waals surface area contributed by atoms with Crippen molar-refractivity contribution < 1.29 is 9.50 Å². The first-order valence-corrected chi connectivity index (χ1v) is 8.73. The summed E-state index contributed by atoms with van der Waals surface area (Å²) in [5, 5.41) is 14.0. The van der Waals surface area contributed by atoms with Crippen molar-refractivity contribution in [2.45, 2.75) is 19.9 Å². The van der Waals surface area contributed by atoms with Crippen LogP contribution in [0.3, 0.4) is 0 Å². The lowest BCUT2D eigenvalue weighted by Crippen LogP contribution is -2.30. The molecule has 0 aliphatic heterocycles. The first kappa shape index (κ1) is 17.5. The normalized spacial score (nSPS) is 12.3. The molecule has 1 aromatic carbocycles. The number of aromatic nitrogens is 2. The molecule has 0 bridgehead atoms. The minimum absolute atomic E-state index is 0.343. The van der Waals surface area contributed by atoms with E-state index in [2.05, 4.69) is 10.3 Å². The van der Waals surface area contributed by atoms with Gasteiger partial charge < -0.3 is 15.0 Å². The number of pyridine rings is 1. The number of hydrogen-bond acceptors (Lipinski definition) is 5. The molecule has 0 aliphatic rings. The van der Waals surface area contributed by atoms with E-state index in [1.54, 1.807) is 31.5 Å². The number of hydrogen-bond donors (Lipinski definition) is 2. The molecule has 0 fully saturated rings. The van der Waals surface area contributed by atoms with Gasteiger partial charge in [0, 0.05) is 18.8 Å². The summed E-state index contributed by atoms with van der Waals surface area (Å²) in [4.78, 5) is 17.1. The predicted molar refractivity (Wildman–Crippen MR) is 101 cm³/mol. The van der Waals surface area contributed by atoms with Gasteiger partial charge in [-0.25, -0.2) is 9.37 Å². The molecule has 1 atom stereocenters. The summed E-state index contributed by atoms with van der Waals surface area (Å²) in [7, 11) is 1.75. The smallest absolute Gasteiger partial charge is 0.223 e. The average Bonchev–Trinajstić information content (AvgIpc) is 2.94. The van der Waals surface area contributed by atoms with Gasteiger partial charge in [-0.1, -0.05) is 12.2 Å². The standard InChI is InChI=1S/C17H16FN3O2S2/c1-8-6-12(22)16(23)15(21(8)3)14(19-9(2)24)17-20-11-5-4-10(18)7-13(11)25-17/h4-7,14,23H,1-3H3,(H,19,24). The highest BCUT2D eigenvalue weighted by molar-refractivity contribution is 7.80. The van der Waals surface area contributed by atoms with E-state index < -0.39 is 11.5 Å². The van der Waals surface area contributed by atoms with Crippen molar-refractivity contribution >= 4 is 38.8 Å². The number of benzene rings is 1. The number of thiocarbonyl (C=S) groups is 1. The van der Waals surface area contributed by atoms with Gasteiger partial charge in [0.25, 0.3) is 0 Å². The Morgan fingerprint density at radius 3 is 2.84 bits per heavy atom. The third kappa shape index (κ3) is 3.27. The van der Waals surface area contributed by atoms with Gasteiger partial charge >= 0.3 is 0 Å². The van der Waals surface area contributed by atoms with Crippen LogP contribution in [0.1, 0.15) is 29.4 Å². The zero-order chi connectivity index (χ0) is 18.3. The maximum absolute atomic E-state index is 13.5. The number of rotatable bonds is 3. The number of aryl methyl sites for hydroxylation is 1. The van der Waals surface area contributed by atoms with Crippen LogP contribution in [-0.4, -0.2) is 19.6 Å². The van der Waals surface area contributed by atoms with Crippen LogP contribution in [-0.2, 0) is 7.05 Å². The molecule has 130 valence electrons. The Hall–Kier alpha value is -2.32. The highest BCUT2D eigenvalue weighted by Crippen LogP contribution is 2.33. The van der Waals surface area contributed by atoms with Crippen LogP contribution < -0.4 is 10.7 Å². The number of halogens is 1. The van der Waals surface area contributed by atoms with E-state index in [0.717, 1.165) is 0 Å². The summed E-state index contributed by atoms with van der Waals surface area (Å²) in [6.07, 6.45) is 0. The number of thiazole rings is 1. The Balaban J connectivity index is 2.25. The molecule has 3 rings (SSSR count). The highest BCUT2D eigenvalue weighted by Gasteiger charge is 2.26. The van der Waals surface area contributed by atoms with Crippen molar-refractivity contribution in [3.05, 3.63) is 56.7 Å². The second-order valence-electron chi connectivity index (χ2n) is 5.74. The van der Waals surface area contributed by atoms with Gasteiger partial charge in [0.15, 0.2) is 5.75 Å². The fraction of sp³-hybridized carbons (Fsp3) is 0.235. The Kier molecular flexibility index (Phi) is 4.57. The number of aromatic hydroxyl groups is 1. The van der Waals surface area contributed by atoms with Crippen LogP contribution in [0.5, 0.6) is 5.75 Å². The molecule has 0 saturated carbocycles. The van der Waals surface area contributed by atoms with Crippen molar-refractivity contribution in [2.75, 3.05) is 0 Å². The zero-order valence-electron chi connectivity index (χ0n) is 13.8. The van der Waals surface area contributed by atoms with Crippen molar-refractivity contribution in [1.82, 2.24) is 14.9 Å². The van der Waals surface area contributed by atoms with Crippen molar-refractivity contribution in [3.8, 4) is 5.75 Å². The lowest BCUT2D eigenvalue weighted by molar-refractivity contribution is 0.443. The van der Waals surface area contributed by atoms with Crippen LogP contribution in [0, 0.1) is 12.7 Å². The number of fused-ring (bicyclic) bond motifs is 1. The van der Waals surface area contributed by atoms with E-state index in [-0.39, 0.29) is 11.6 Å². The molecule has 5 nitrogen and oxygen atoms in total. The maximum atomic E-state index is 13.5. The fourth-order valence-corrected chi connectivity index (χ4v) is 3.82. The Morgan fingerprint density at radius 1 is 1.44 bits per heavy atom. The number of nitrogens with zero attached hydrogens (tertiary/aromatic N) is 2. The summed E-state index contributed by atoms with van der Waals surface area (Å²) in [5.41, 5.74) is 1.24. The quantitative estimate of drug-likeness (QED) is 0.687. The van der Waals surface area contributed by atoms with Crippen molar-refractivity contribution in [1.29, 1.82) is 0 Å². The summed E-state index contributed by atoms with van der Waals surface area (Å²) in [6, 6.07) is 5.11. The van der Waals surface area contributed by atoms with E-state index in [4.69, 9.17) is 12.2 Å². The van der Waals surface area contributed by atoms with Crippen molar-refractivity contribution in [3.63, 3.8) is 0 Å². The molecule has 2 heterocycles. The minimum Gasteiger partial charge on any atom is -0.503 e. The van der Waals surface area contributed by atoms with Crippen LogP contribution in [0.15, 0.2) is 29.1 Å². The van der Waals surface area contributed by atoms with Gasteiger partial charge in [0.1, 0.15) is 16.9 Å². The van der Waals surface area contributed by atoms with E-state index in [9.17, 15) is 14.3 Å². The second kappa shape index (κ2) is 6.53. The topological polar surface area (TPSA) is 67.2 Å². The van der Waals surface area contributed by atoms with E-state index in [0.29, 0.717) is 31.6 Å².